The first-order chi connectivity index (χ1) is 10.9. The van der Waals surface area contributed by atoms with Crippen LogP contribution in [-0.4, -0.2) is 65.7 Å². The van der Waals surface area contributed by atoms with Crippen molar-refractivity contribution in [2.45, 2.75) is 31.4 Å². The van der Waals surface area contributed by atoms with Crippen molar-refractivity contribution < 1.29 is 14.6 Å². The lowest BCUT2D eigenvalue weighted by atomic mass is 9.85. The van der Waals surface area contributed by atoms with E-state index in [4.69, 9.17) is 16.3 Å². The average molecular weight is 339 g/mol. The van der Waals surface area contributed by atoms with Crippen LogP contribution in [0, 0.1) is 0 Å². The number of aliphatic hydroxyl groups excluding tert-OH is 1. The van der Waals surface area contributed by atoms with Crippen LogP contribution in [0.2, 0.25) is 5.02 Å². The van der Waals surface area contributed by atoms with Gasteiger partial charge in [-0.2, -0.15) is 0 Å². The normalized spacial score (nSPS) is 28.3. The van der Waals surface area contributed by atoms with E-state index in [1.807, 2.05) is 4.90 Å². The van der Waals surface area contributed by atoms with Gasteiger partial charge in [-0.3, -0.25) is 9.69 Å². The molecule has 0 radical (unpaired) electrons. The van der Waals surface area contributed by atoms with Gasteiger partial charge in [-0.05, 0) is 31.9 Å². The van der Waals surface area contributed by atoms with Gasteiger partial charge in [0.2, 0.25) is 0 Å². The van der Waals surface area contributed by atoms with Gasteiger partial charge in [-0.25, -0.2) is 0 Å². The van der Waals surface area contributed by atoms with E-state index in [1.165, 1.54) is 0 Å². The Morgan fingerprint density at radius 3 is 2.96 bits per heavy atom. The maximum atomic E-state index is 12.9. The summed E-state index contributed by atoms with van der Waals surface area (Å²) in [5.41, 5.74) is 0.414. The summed E-state index contributed by atoms with van der Waals surface area (Å²) >= 11 is 6.30. The minimum atomic E-state index is -0.252. The van der Waals surface area contributed by atoms with Gasteiger partial charge in [0.25, 0.3) is 5.91 Å². The van der Waals surface area contributed by atoms with Gasteiger partial charge >= 0.3 is 0 Å². The average Bonchev–Trinajstić information content (AvgIpc) is 2.54. The van der Waals surface area contributed by atoms with Gasteiger partial charge in [-0.15, -0.1) is 0 Å². The molecular formula is C17H23ClN2O3. The molecule has 0 bridgehead atoms. The summed E-state index contributed by atoms with van der Waals surface area (Å²) in [7, 11) is 1.54. The Hall–Kier alpha value is -1.30. The first-order valence-electron chi connectivity index (χ1n) is 7.99. The fourth-order valence-corrected chi connectivity index (χ4v) is 3.93. The largest absolute Gasteiger partial charge is 0.495 e. The summed E-state index contributed by atoms with van der Waals surface area (Å²) in [5.74, 6) is 0.462. The predicted molar refractivity (Wildman–Crippen MR) is 89.1 cm³/mol. The highest BCUT2D eigenvalue weighted by molar-refractivity contribution is 6.35. The smallest absolute Gasteiger partial charge is 0.255 e. The van der Waals surface area contributed by atoms with E-state index in [1.54, 1.807) is 25.3 Å². The van der Waals surface area contributed by atoms with Crippen LogP contribution in [0.25, 0.3) is 0 Å². The van der Waals surface area contributed by atoms with Crippen LogP contribution < -0.4 is 4.74 Å². The molecule has 0 spiro atoms. The molecule has 2 saturated heterocycles. The zero-order valence-corrected chi connectivity index (χ0v) is 14.3. The number of rotatable bonds is 2. The number of fused-ring (bicyclic) bond motifs is 1. The summed E-state index contributed by atoms with van der Waals surface area (Å²) < 4.78 is 5.20. The molecule has 5 nitrogen and oxygen atoms in total. The Bertz CT molecular complexity index is 610. The van der Waals surface area contributed by atoms with Gasteiger partial charge < -0.3 is 14.7 Å². The number of carbonyl (C=O) groups is 1. The molecule has 3 rings (SSSR count). The number of hydrogen-bond donors (Lipinski definition) is 1. The Balaban J connectivity index is 1.79. The molecule has 0 saturated carbocycles. The van der Waals surface area contributed by atoms with Crippen LogP contribution in [-0.2, 0) is 0 Å². The van der Waals surface area contributed by atoms with Gasteiger partial charge in [-0.1, -0.05) is 17.7 Å². The fourth-order valence-electron chi connectivity index (χ4n) is 3.65. The monoisotopic (exact) mass is 338 g/mol. The highest BCUT2D eigenvalue weighted by Crippen LogP contribution is 2.34. The van der Waals surface area contributed by atoms with Gasteiger partial charge in [0.05, 0.1) is 23.8 Å². The molecule has 6 heteroatoms. The molecule has 2 aliphatic heterocycles. The number of piperidine rings is 1. The molecule has 1 N–H and O–H groups in total. The third-order valence-electron chi connectivity index (χ3n) is 5.08. The molecular weight excluding hydrogens is 316 g/mol. The summed E-state index contributed by atoms with van der Waals surface area (Å²) in [6.07, 6.45) is 1.43. The van der Waals surface area contributed by atoms with Crippen molar-refractivity contribution in [1.82, 2.24) is 9.80 Å². The van der Waals surface area contributed by atoms with E-state index >= 15 is 0 Å². The van der Waals surface area contributed by atoms with Crippen molar-refractivity contribution in [3.05, 3.63) is 28.8 Å². The molecule has 126 valence electrons. The second kappa shape index (κ2) is 6.30. The Morgan fingerprint density at radius 2 is 2.22 bits per heavy atom. The standard InChI is InChI=1S/C17H23ClN2O3/c1-17-7-6-12(21)10-20(17)9-8-19(11-17)16(22)13-4-3-5-14(23-2)15(13)18/h3-5,12,21H,6-11H2,1-2H3/t12-,17+/m1/s1. The third kappa shape index (κ3) is 3.05. The summed E-state index contributed by atoms with van der Waals surface area (Å²) in [6.45, 7) is 4.95. The topological polar surface area (TPSA) is 53.0 Å². The summed E-state index contributed by atoms with van der Waals surface area (Å²) in [4.78, 5) is 17.1. The number of piperazine rings is 1. The third-order valence-corrected chi connectivity index (χ3v) is 5.47. The van der Waals surface area contributed by atoms with Crippen molar-refractivity contribution in [3.63, 3.8) is 0 Å². The SMILES string of the molecule is COc1cccc(C(=O)N2CCN3C[C@H](O)CC[C@@]3(C)C2)c1Cl. The lowest BCUT2D eigenvalue weighted by Gasteiger charge is -2.52. The highest BCUT2D eigenvalue weighted by atomic mass is 35.5. The number of ether oxygens (including phenoxy) is 1. The van der Waals surface area contributed by atoms with Crippen LogP contribution in [0.15, 0.2) is 18.2 Å². The van der Waals surface area contributed by atoms with Crippen LogP contribution >= 0.6 is 11.6 Å². The molecule has 23 heavy (non-hydrogen) atoms. The first kappa shape index (κ1) is 16.6. The molecule has 2 atom stereocenters. The lowest BCUT2D eigenvalue weighted by Crippen LogP contribution is -2.65. The van der Waals surface area contributed by atoms with E-state index < -0.39 is 0 Å². The van der Waals surface area contributed by atoms with Crippen LogP contribution in [0.4, 0.5) is 0 Å². The molecule has 2 fully saturated rings. The van der Waals surface area contributed by atoms with E-state index in [0.29, 0.717) is 36.0 Å². The second-order valence-electron chi connectivity index (χ2n) is 6.68. The Morgan fingerprint density at radius 1 is 1.43 bits per heavy atom. The van der Waals surface area contributed by atoms with Crippen molar-refractivity contribution in [2.75, 3.05) is 33.3 Å². The molecule has 0 aliphatic carbocycles. The second-order valence-corrected chi connectivity index (χ2v) is 7.06. The number of carbonyl (C=O) groups excluding carboxylic acids is 1. The summed E-state index contributed by atoms with van der Waals surface area (Å²) in [5, 5.41) is 10.2. The van der Waals surface area contributed by atoms with E-state index in [-0.39, 0.29) is 17.6 Å². The number of benzene rings is 1. The number of aliphatic hydroxyl groups is 1. The van der Waals surface area contributed by atoms with Gasteiger partial charge in [0.1, 0.15) is 5.75 Å². The van der Waals surface area contributed by atoms with E-state index in [0.717, 1.165) is 19.4 Å². The van der Waals surface area contributed by atoms with Crippen molar-refractivity contribution in [2.24, 2.45) is 0 Å². The number of nitrogens with zero attached hydrogens (tertiary/aromatic N) is 2. The fraction of sp³-hybridized carbons (Fsp3) is 0.588. The number of halogens is 1. The van der Waals surface area contributed by atoms with Gasteiger partial charge in [0, 0.05) is 31.7 Å². The quantitative estimate of drug-likeness (QED) is 0.896. The van der Waals surface area contributed by atoms with E-state index in [2.05, 4.69) is 11.8 Å². The highest BCUT2D eigenvalue weighted by Gasteiger charge is 2.43. The molecule has 2 aliphatic rings. The Labute approximate surface area is 141 Å². The number of amides is 1. The van der Waals surface area contributed by atoms with Crippen molar-refractivity contribution >= 4 is 17.5 Å². The number of β-amino-alcohol motifs (C(OH)–C–C–N with tert-alkyl or cyclic N) is 1. The van der Waals surface area contributed by atoms with Crippen LogP contribution in [0.5, 0.6) is 5.75 Å². The maximum absolute atomic E-state index is 12.9. The van der Waals surface area contributed by atoms with Crippen LogP contribution in [0.3, 0.4) is 0 Å². The molecule has 1 aromatic carbocycles. The summed E-state index contributed by atoms with van der Waals surface area (Å²) in [6, 6.07) is 5.28. The van der Waals surface area contributed by atoms with E-state index in [9.17, 15) is 9.90 Å². The van der Waals surface area contributed by atoms with Gasteiger partial charge in [0.15, 0.2) is 0 Å². The number of hydrogen-bond acceptors (Lipinski definition) is 4. The van der Waals surface area contributed by atoms with Crippen molar-refractivity contribution in [1.29, 1.82) is 0 Å². The first-order valence-corrected chi connectivity index (χ1v) is 8.37. The molecule has 0 unspecified atom stereocenters. The zero-order valence-electron chi connectivity index (χ0n) is 13.6. The maximum Gasteiger partial charge on any atom is 0.255 e. The minimum Gasteiger partial charge on any atom is -0.495 e. The zero-order chi connectivity index (χ0) is 16.6. The minimum absolute atomic E-state index is 0.0547. The molecule has 1 aromatic rings. The van der Waals surface area contributed by atoms with Crippen molar-refractivity contribution in [3.8, 4) is 5.75 Å². The molecule has 1 amide bonds. The molecule has 2 heterocycles. The lowest BCUT2D eigenvalue weighted by molar-refractivity contribution is -0.0532. The van der Waals surface area contributed by atoms with Crippen LogP contribution in [0.1, 0.15) is 30.1 Å². The molecule has 0 aromatic heterocycles. The Kier molecular flexibility index (Phi) is 4.54. The number of methoxy groups -OCH3 is 1. The predicted octanol–water partition coefficient (Wildman–Crippen LogP) is 2.02.